The van der Waals surface area contributed by atoms with E-state index in [1.807, 2.05) is 37.4 Å². The topological polar surface area (TPSA) is 59.4 Å². The smallest absolute Gasteiger partial charge is 0.251 e. The van der Waals surface area contributed by atoms with Gasteiger partial charge in [-0.1, -0.05) is 36.4 Å². The predicted molar refractivity (Wildman–Crippen MR) is 116 cm³/mol. The van der Waals surface area contributed by atoms with Crippen LogP contribution < -0.4 is 5.32 Å². The molecule has 0 saturated carbocycles. The molecule has 2 aromatic carbocycles. The molecule has 1 aliphatic rings. The van der Waals surface area contributed by atoms with Crippen LogP contribution in [-0.2, 0) is 24.4 Å². The number of nitrogens with zero attached hydrogens (tertiary/aromatic N) is 3. The van der Waals surface area contributed by atoms with Gasteiger partial charge in [0.05, 0.1) is 13.2 Å². The highest BCUT2D eigenvalue weighted by molar-refractivity contribution is 5.94. The molecule has 6 nitrogen and oxygen atoms in total. The van der Waals surface area contributed by atoms with Crippen molar-refractivity contribution in [1.82, 2.24) is 19.8 Å². The van der Waals surface area contributed by atoms with Crippen LogP contribution in [0.4, 0.5) is 0 Å². The highest BCUT2D eigenvalue weighted by Gasteiger charge is 2.11. The quantitative estimate of drug-likeness (QED) is 0.658. The average Bonchev–Trinajstić information content (AvgIpc) is 3.18. The molecular weight excluding hydrogens is 376 g/mol. The molecule has 30 heavy (non-hydrogen) atoms. The Bertz CT molecular complexity index is 975. The third-order valence-corrected chi connectivity index (χ3v) is 5.45. The number of aromatic nitrogens is 2. The van der Waals surface area contributed by atoms with Crippen molar-refractivity contribution in [1.29, 1.82) is 0 Å². The van der Waals surface area contributed by atoms with Gasteiger partial charge < -0.3 is 14.6 Å². The fourth-order valence-corrected chi connectivity index (χ4v) is 3.67. The van der Waals surface area contributed by atoms with Crippen molar-refractivity contribution in [2.45, 2.75) is 26.6 Å². The van der Waals surface area contributed by atoms with E-state index in [9.17, 15) is 4.79 Å². The second-order valence-electron chi connectivity index (χ2n) is 7.69. The van der Waals surface area contributed by atoms with Crippen molar-refractivity contribution in [3.05, 3.63) is 89.0 Å². The molecule has 3 aromatic rings. The maximum atomic E-state index is 12.6. The Morgan fingerprint density at radius 1 is 1.03 bits per heavy atom. The number of morpholine rings is 1. The number of imidazole rings is 1. The summed E-state index contributed by atoms with van der Waals surface area (Å²) in [6.07, 6.45) is 3.76. The highest BCUT2D eigenvalue weighted by Crippen LogP contribution is 2.11. The van der Waals surface area contributed by atoms with Gasteiger partial charge in [0.15, 0.2) is 0 Å². The van der Waals surface area contributed by atoms with E-state index in [0.29, 0.717) is 12.1 Å². The summed E-state index contributed by atoms with van der Waals surface area (Å²) in [6.45, 7) is 7.72. The summed E-state index contributed by atoms with van der Waals surface area (Å²) in [7, 11) is 0. The third kappa shape index (κ3) is 5.34. The van der Waals surface area contributed by atoms with Gasteiger partial charge in [0.25, 0.3) is 5.91 Å². The number of rotatable bonds is 7. The number of ether oxygens (including phenoxy) is 1. The summed E-state index contributed by atoms with van der Waals surface area (Å²) < 4.78 is 7.50. The van der Waals surface area contributed by atoms with Crippen LogP contribution in [0.5, 0.6) is 0 Å². The molecule has 156 valence electrons. The molecule has 0 atom stereocenters. The van der Waals surface area contributed by atoms with Gasteiger partial charge in [0.1, 0.15) is 5.82 Å². The van der Waals surface area contributed by atoms with E-state index in [-0.39, 0.29) is 5.91 Å². The van der Waals surface area contributed by atoms with Gasteiger partial charge in [-0.2, -0.15) is 0 Å². The first kappa shape index (κ1) is 20.3. The lowest BCUT2D eigenvalue weighted by Crippen LogP contribution is -2.35. The number of benzene rings is 2. The number of hydrogen-bond acceptors (Lipinski definition) is 4. The Morgan fingerprint density at radius 3 is 2.53 bits per heavy atom. The van der Waals surface area contributed by atoms with Crippen LogP contribution in [0.15, 0.2) is 60.9 Å². The van der Waals surface area contributed by atoms with Gasteiger partial charge in [0, 0.05) is 50.7 Å². The maximum Gasteiger partial charge on any atom is 0.251 e. The maximum absolute atomic E-state index is 12.6. The molecule has 1 N–H and O–H groups in total. The second kappa shape index (κ2) is 9.69. The first-order chi connectivity index (χ1) is 14.7. The summed E-state index contributed by atoms with van der Waals surface area (Å²) in [5.41, 5.74) is 4.19. The van der Waals surface area contributed by atoms with Gasteiger partial charge >= 0.3 is 0 Å². The lowest BCUT2D eigenvalue weighted by atomic mass is 10.1. The molecule has 1 amide bonds. The van der Waals surface area contributed by atoms with E-state index in [1.165, 1.54) is 5.56 Å². The van der Waals surface area contributed by atoms with E-state index in [2.05, 4.69) is 44.0 Å². The zero-order valence-corrected chi connectivity index (χ0v) is 17.4. The van der Waals surface area contributed by atoms with Crippen LogP contribution in [-0.4, -0.2) is 46.7 Å². The molecule has 1 saturated heterocycles. The lowest BCUT2D eigenvalue weighted by molar-refractivity contribution is 0.0342. The highest BCUT2D eigenvalue weighted by atomic mass is 16.5. The summed E-state index contributed by atoms with van der Waals surface area (Å²) in [5, 5.41) is 3.03. The minimum Gasteiger partial charge on any atom is -0.379 e. The lowest BCUT2D eigenvalue weighted by Gasteiger charge is -2.26. The number of carbonyl (C=O) groups excluding carboxylic acids is 1. The number of nitrogens with one attached hydrogen (secondary N) is 1. The fraction of sp³-hybridized carbons (Fsp3) is 0.333. The average molecular weight is 405 g/mol. The van der Waals surface area contributed by atoms with Crippen molar-refractivity contribution in [2.75, 3.05) is 26.3 Å². The standard InChI is InChI=1S/C24H28N4O2/c1-19-25-9-10-28(19)18-20-5-7-23(8-6-20)24(29)26-16-21-3-2-4-22(15-21)17-27-11-13-30-14-12-27/h2-10,15H,11-14,16-18H2,1H3,(H,26,29). The summed E-state index contributed by atoms with van der Waals surface area (Å²) in [6, 6.07) is 16.2. The van der Waals surface area contributed by atoms with E-state index >= 15 is 0 Å². The minimum atomic E-state index is -0.0565. The molecular formula is C24H28N4O2. The molecule has 4 rings (SSSR count). The van der Waals surface area contributed by atoms with Crippen molar-refractivity contribution in [3.63, 3.8) is 0 Å². The second-order valence-corrected chi connectivity index (χ2v) is 7.69. The zero-order valence-electron chi connectivity index (χ0n) is 17.4. The SMILES string of the molecule is Cc1nccn1Cc1ccc(C(=O)NCc2cccc(CN3CCOCC3)c2)cc1. The number of hydrogen-bond donors (Lipinski definition) is 1. The van der Waals surface area contributed by atoms with Gasteiger partial charge in [-0.05, 0) is 35.7 Å². The molecule has 1 aromatic heterocycles. The summed E-state index contributed by atoms with van der Waals surface area (Å²) >= 11 is 0. The zero-order chi connectivity index (χ0) is 20.8. The molecule has 1 fully saturated rings. The first-order valence-electron chi connectivity index (χ1n) is 10.4. The Balaban J connectivity index is 1.31. The Hall–Kier alpha value is -2.96. The van der Waals surface area contributed by atoms with Crippen molar-refractivity contribution < 1.29 is 9.53 Å². The van der Waals surface area contributed by atoms with Crippen molar-refractivity contribution in [2.24, 2.45) is 0 Å². The van der Waals surface area contributed by atoms with E-state index in [0.717, 1.165) is 56.3 Å². The first-order valence-corrected chi connectivity index (χ1v) is 10.4. The van der Waals surface area contributed by atoms with E-state index in [1.54, 1.807) is 6.20 Å². The van der Waals surface area contributed by atoms with Crippen LogP contribution in [0.2, 0.25) is 0 Å². The number of amides is 1. The molecule has 0 unspecified atom stereocenters. The van der Waals surface area contributed by atoms with Crippen LogP contribution in [0.3, 0.4) is 0 Å². The van der Waals surface area contributed by atoms with Crippen molar-refractivity contribution >= 4 is 5.91 Å². The summed E-state index contributed by atoms with van der Waals surface area (Å²) in [4.78, 5) is 19.2. The minimum absolute atomic E-state index is 0.0565. The monoisotopic (exact) mass is 404 g/mol. The molecule has 2 heterocycles. The van der Waals surface area contributed by atoms with Crippen LogP contribution in [0.1, 0.15) is 32.9 Å². The van der Waals surface area contributed by atoms with E-state index in [4.69, 9.17) is 4.74 Å². The normalized spacial score (nSPS) is 14.6. The summed E-state index contributed by atoms with van der Waals surface area (Å²) in [5.74, 6) is 0.923. The van der Waals surface area contributed by atoms with Crippen LogP contribution in [0.25, 0.3) is 0 Å². The molecule has 0 aliphatic carbocycles. The Labute approximate surface area is 177 Å². The number of carbonyl (C=O) groups is 1. The van der Waals surface area contributed by atoms with Crippen molar-refractivity contribution in [3.8, 4) is 0 Å². The molecule has 0 spiro atoms. The molecule has 0 radical (unpaired) electrons. The third-order valence-electron chi connectivity index (χ3n) is 5.45. The van der Waals surface area contributed by atoms with Gasteiger partial charge in [-0.3, -0.25) is 9.69 Å². The van der Waals surface area contributed by atoms with E-state index < -0.39 is 0 Å². The van der Waals surface area contributed by atoms with Crippen LogP contribution >= 0.6 is 0 Å². The Morgan fingerprint density at radius 2 is 1.80 bits per heavy atom. The largest absolute Gasteiger partial charge is 0.379 e. The predicted octanol–water partition coefficient (Wildman–Crippen LogP) is 3.00. The van der Waals surface area contributed by atoms with Gasteiger partial charge in [-0.25, -0.2) is 4.98 Å². The molecule has 1 aliphatic heterocycles. The fourth-order valence-electron chi connectivity index (χ4n) is 3.67. The molecule has 0 bridgehead atoms. The van der Waals surface area contributed by atoms with Gasteiger partial charge in [0.2, 0.25) is 0 Å². The van der Waals surface area contributed by atoms with Gasteiger partial charge in [-0.15, -0.1) is 0 Å². The van der Waals surface area contributed by atoms with Crippen LogP contribution in [0, 0.1) is 6.92 Å². The Kier molecular flexibility index (Phi) is 6.57. The molecule has 6 heteroatoms. The number of aryl methyl sites for hydroxylation is 1.